The van der Waals surface area contributed by atoms with Crippen molar-refractivity contribution < 1.29 is 203 Å². The van der Waals surface area contributed by atoms with E-state index in [1.807, 2.05) is 6.58 Å². The van der Waals surface area contributed by atoms with Crippen LogP contribution in [0.25, 0.3) is 0 Å². The molecule has 0 saturated heterocycles. The zero-order valence-electron chi connectivity index (χ0n) is 31.8. The summed E-state index contributed by atoms with van der Waals surface area (Å²) in [5.74, 6) is -171. The molecule has 0 saturated carbocycles. The van der Waals surface area contributed by atoms with Crippen molar-refractivity contribution in [1.82, 2.24) is 0 Å². The van der Waals surface area contributed by atoms with Gasteiger partial charge in [-0.1, -0.05) is 6.58 Å². The molecule has 0 aromatic heterocycles. The van der Waals surface area contributed by atoms with E-state index in [1.54, 1.807) is 0 Å². The first kappa shape index (κ1) is 68.7. The van der Waals surface area contributed by atoms with Crippen molar-refractivity contribution in [2.75, 3.05) is 13.2 Å². The van der Waals surface area contributed by atoms with Crippen molar-refractivity contribution in [2.24, 2.45) is 0 Å². The summed E-state index contributed by atoms with van der Waals surface area (Å²) in [4.78, 5) is 23.2. The van der Waals surface area contributed by atoms with Crippen LogP contribution in [-0.2, 0) is 19.1 Å². The summed E-state index contributed by atoms with van der Waals surface area (Å²) in [5.41, 5.74) is -2.45. The van der Waals surface area contributed by atoms with Crippen LogP contribution in [0, 0.1) is 0 Å². The third-order valence-electron chi connectivity index (χ3n) is 8.60. The number of hydrogen-bond acceptors (Lipinski definition) is 4. The van der Waals surface area contributed by atoms with Crippen LogP contribution in [0.2, 0.25) is 0 Å². The van der Waals surface area contributed by atoms with Gasteiger partial charge in [0.15, 0.2) is 13.2 Å². The van der Waals surface area contributed by atoms with Crippen molar-refractivity contribution >= 4 is 11.9 Å². The number of ether oxygens (including phenoxy) is 2. The molecule has 73 heavy (non-hydrogen) atoms. The van der Waals surface area contributed by atoms with E-state index in [0.717, 1.165) is 0 Å². The van der Waals surface area contributed by atoms with E-state index in [1.165, 1.54) is 0 Å². The summed E-state index contributed by atoms with van der Waals surface area (Å²) < 4.78 is 571. The minimum atomic E-state index is -9.66. The predicted molar refractivity (Wildman–Crippen MR) is 137 cm³/mol. The lowest BCUT2D eigenvalue weighted by molar-refractivity contribution is -0.474. The summed E-state index contributed by atoms with van der Waals surface area (Å²) in [6, 6.07) is 0. The van der Waals surface area contributed by atoms with Crippen LogP contribution in [0.3, 0.4) is 0 Å². The highest BCUT2D eigenvalue weighted by atomic mass is 19.5. The Hall–Kier alpha value is -4.26. The highest BCUT2D eigenvalue weighted by Gasteiger charge is 3.00. The van der Waals surface area contributed by atoms with Crippen LogP contribution in [0.5, 0.6) is 0 Å². The second-order valence-electron chi connectivity index (χ2n) is 13.6. The molecule has 0 radical (unpaired) electrons. The highest BCUT2D eigenvalue weighted by Crippen LogP contribution is 2.68. The van der Waals surface area contributed by atoms with E-state index in [9.17, 15) is 194 Å². The molecular formula is C27H8F42O4. The number of carbonyl (C=O) groups is 2. The summed E-state index contributed by atoms with van der Waals surface area (Å²) in [5, 5.41) is 0. The number of rotatable bonds is 23. The minimum Gasteiger partial charge on any atom is -0.459 e. The summed E-state index contributed by atoms with van der Waals surface area (Å²) in [6.07, 6.45) is -19.4. The summed E-state index contributed by atoms with van der Waals surface area (Å²) in [6.45, 7) is -6.55. The Morgan fingerprint density at radius 1 is 0.260 bits per heavy atom. The Kier molecular flexibility index (Phi) is 16.9. The maximum atomic E-state index is 14.0. The molecule has 0 aliphatic heterocycles. The van der Waals surface area contributed by atoms with Gasteiger partial charge in [-0.25, -0.2) is 4.79 Å². The molecule has 0 aliphatic carbocycles. The van der Waals surface area contributed by atoms with E-state index in [-0.39, 0.29) is 0 Å². The fourth-order valence-corrected chi connectivity index (χ4v) is 4.09. The first-order chi connectivity index (χ1) is 30.9. The van der Waals surface area contributed by atoms with Gasteiger partial charge in [0.1, 0.15) is 0 Å². The van der Waals surface area contributed by atoms with Crippen molar-refractivity contribution in [3.63, 3.8) is 0 Å². The van der Waals surface area contributed by atoms with Crippen molar-refractivity contribution in [1.29, 1.82) is 0 Å². The lowest BCUT2D eigenvalue weighted by Gasteiger charge is -2.44. The zero-order chi connectivity index (χ0) is 60.3. The van der Waals surface area contributed by atoms with Crippen molar-refractivity contribution in [3.8, 4) is 0 Å². The van der Waals surface area contributed by atoms with Crippen molar-refractivity contribution in [3.05, 3.63) is 12.2 Å². The largest absolute Gasteiger partial charge is 0.460 e. The molecule has 46 heteroatoms. The lowest BCUT2D eigenvalue weighted by atomic mass is 9.86. The molecule has 0 bridgehead atoms. The second-order valence-corrected chi connectivity index (χ2v) is 13.6. The van der Waals surface area contributed by atoms with Crippen molar-refractivity contribution in [2.45, 2.75) is 125 Å². The molecule has 434 valence electrons. The second kappa shape index (κ2) is 17.9. The molecule has 0 amide bonds. The normalized spacial score (nSPS) is 16.4. The fourth-order valence-electron chi connectivity index (χ4n) is 4.09. The van der Waals surface area contributed by atoms with E-state index in [0.29, 0.717) is 0 Å². The first-order valence-corrected chi connectivity index (χ1v) is 15.8. The fraction of sp³-hybridized carbons (Fsp3) is 0.852. The average molecular weight is 1190 g/mol. The van der Waals surface area contributed by atoms with Gasteiger partial charge in [0, 0.05) is 5.57 Å². The molecule has 0 unspecified atom stereocenters. The Bertz CT molecular complexity index is 2030. The molecule has 0 rings (SSSR count). The van der Waals surface area contributed by atoms with Crippen LogP contribution in [0.1, 0.15) is 6.42 Å². The minimum absolute atomic E-state index is 2.01. The van der Waals surface area contributed by atoms with Crippen LogP contribution >= 0.6 is 0 Å². The Morgan fingerprint density at radius 3 is 0.616 bits per heavy atom. The standard InChI is InChI=1S/C27H8F42O4/c1-5(7(71)73-4-9(30,31)11(34,35)13(38,39)15(42,43)17(46,47)19(50,51)21(54,55)23(58,59)25(62,63)27(67,68)69)2-6(70)72-3-8(28,29)10(32,33)12(36,37)14(40,41)16(44,45)18(48,49)20(52,53)22(56,57)24(60,61)26(64,65)66/h1-4H2. The summed E-state index contributed by atoms with van der Waals surface area (Å²) in [7, 11) is 0. The van der Waals surface area contributed by atoms with Gasteiger partial charge >= 0.3 is 131 Å². The maximum Gasteiger partial charge on any atom is 0.460 e. The van der Waals surface area contributed by atoms with Gasteiger partial charge in [-0.15, -0.1) is 0 Å². The number of esters is 2. The molecule has 0 N–H and O–H groups in total. The van der Waals surface area contributed by atoms with Gasteiger partial charge in [0.05, 0.1) is 6.42 Å². The molecule has 0 fully saturated rings. The highest BCUT2D eigenvalue weighted by molar-refractivity contribution is 5.93. The molecule has 0 spiro atoms. The van der Waals surface area contributed by atoms with E-state index < -0.39 is 156 Å². The number of halogens is 42. The number of hydrogen-bond donors (Lipinski definition) is 0. The third kappa shape index (κ3) is 9.27. The molecule has 0 aromatic carbocycles. The van der Waals surface area contributed by atoms with E-state index >= 15 is 0 Å². The SMILES string of the molecule is C=C(CC(=O)OCC(F)(F)C(F)(F)C(F)(F)C(F)(F)C(F)(F)C(F)(F)C(F)(F)C(F)(F)C(F)(F)C(F)(F)F)C(=O)OCC(F)(F)C(F)(F)C(F)(F)C(F)(F)C(F)(F)C(F)(F)C(F)(F)C(F)(F)C(F)(F)C(F)(F)F. The number of carbonyl (C=O) groups excluding carboxylic acids is 2. The molecular weight excluding hydrogens is 1190 g/mol. The van der Waals surface area contributed by atoms with E-state index in [4.69, 9.17) is 0 Å². The predicted octanol–water partition coefficient (Wildman–Crippen LogP) is 13.6. The van der Waals surface area contributed by atoms with Gasteiger partial charge < -0.3 is 9.47 Å². The average Bonchev–Trinajstić information content (AvgIpc) is 3.16. The van der Waals surface area contributed by atoms with Crippen LogP contribution in [0.4, 0.5) is 184 Å². The zero-order valence-corrected chi connectivity index (χ0v) is 31.8. The van der Waals surface area contributed by atoms with Gasteiger partial charge in [-0.05, 0) is 0 Å². The maximum absolute atomic E-state index is 14.0. The molecule has 0 aromatic rings. The van der Waals surface area contributed by atoms with Gasteiger partial charge in [0.2, 0.25) is 0 Å². The van der Waals surface area contributed by atoms with Gasteiger partial charge in [0.25, 0.3) is 0 Å². The third-order valence-corrected chi connectivity index (χ3v) is 8.60. The Labute approximate surface area is 367 Å². The Balaban J connectivity index is 6.60. The molecule has 0 aliphatic rings. The first-order valence-electron chi connectivity index (χ1n) is 15.8. The monoisotopic (exact) mass is 1190 g/mol. The Morgan fingerprint density at radius 2 is 0.425 bits per heavy atom. The molecule has 0 heterocycles. The number of alkyl halides is 42. The molecule has 4 nitrogen and oxygen atoms in total. The van der Waals surface area contributed by atoms with Crippen LogP contribution < -0.4 is 0 Å². The topological polar surface area (TPSA) is 52.6 Å². The van der Waals surface area contributed by atoms with Gasteiger partial charge in [-0.2, -0.15) is 184 Å². The van der Waals surface area contributed by atoms with Gasteiger partial charge in [-0.3, -0.25) is 4.79 Å². The van der Waals surface area contributed by atoms with Crippen LogP contribution in [-0.4, -0.2) is 144 Å². The van der Waals surface area contributed by atoms with Crippen LogP contribution in [0.15, 0.2) is 12.2 Å². The smallest absolute Gasteiger partial charge is 0.459 e. The molecule has 0 atom stereocenters. The lowest BCUT2D eigenvalue weighted by Crippen LogP contribution is -2.77. The van der Waals surface area contributed by atoms with E-state index in [2.05, 4.69) is 9.47 Å². The quantitative estimate of drug-likeness (QED) is 0.0581. The summed E-state index contributed by atoms with van der Waals surface area (Å²) >= 11 is 0.